The summed E-state index contributed by atoms with van der Waals surface area (Å²) >= 11 is 0. The minimum Gasteiger partial charge on any atom is -0.371 e. The molecule has 0 spiro atoms. The van der Waals surface area contributed by atoms with Crippen molar-refractivity contribution >= 4 is 5.91 Å². The summed E-state index contributed by atoms with van der Waals surface area (Å²) in [6.45, 7) is 8.00. The monoisotopic (exact) mass is 229 g/mol. The van der Waals surface area contributed by atoms with Gasteiger partial charge in [0.2, 0.25) is 5.91 Å². The van der Waals surface area contributed by atoms with E-state index in [2.05, 4.69) is 26.1 Å². The number of rotatable bonds is 10. The summed E-state index contributed by atoms with van der Waals surface area (Å²) in [6, 6.07) is 0. The minimum atomic E-state index is 0.0103. The van der Waals surface area contributed by atoms with E-state index in [9.17, 15) is 4.79 Å². The molecular formula is C13H27NO2. The molecule has 96 valence electrons. The molecule has 0 aromatic rings. The highest BCUT2D eigenvalue weighted by atomic mass is 16.5. The van der Waals surface area contributed by atoms with Crippen LogP contribution in [0.2, 0.25) is 0 Å². The maximum atomic E-state index is 11.3. The Kier molecular flexibility index (Phi) is 10.5. The van der Waals surface area contributed by atoms with Gasteiger partial charge in [0.1, 0.15) is 6.61 Å². The van der Waals surface area contributed by atoms with Crippen LogP contribution in [0.3, 0.4) is 0 Å². The maximum Gasteiger partial charge on any atom is 0.245 e. The first-order chi connectivity index (χ1) is 7.66. The van der Waals surface area contributed by atoms with Crippen LogP contribution in [0.5, 0.6) is 0 Å². The van der Waals surface area contributed by atoms with E-state index in [4.69, 9.17) is 4.74 Å². The Balaban J connectivity index is 3.17. The molecule has 0 unspecified atom stereocenters. The number of unbranched alkanes of at least 4 members (excludes halogenated alkanes) is 4. The number of carbonyl (C=O) groups is 1. The van der Waals surface area contributed by atoms with Gasteiger partial charge in [-0.3, -0.25) is 4.79 Å². The van der Waals surface area contributed by atoms with Crippen molar-refractivity contribution in [3.63, 3.8) is 0 Å². The molecule has 1 amide bonds. The second-order valence-electron chi connectivity index (χ2n) is 4.67. The normalized spacial score (nSPS) is 10.8. The molecule has 0 bridgehead atoms. The number of hydrogen-bond acceptors (Lipinski definition) is 2. The van der Waals surface area contributed by atoms with Crippen molar-refractivity contribution in [2.75, 3.05) is 19.8 Å². The molecule has 3 heteroatoms. The molecule has 0 fully saturated rings. The van der Waals surface area contributed by atoms with Crippen molar-refractivity contribution in [2.45, 2.75) is 52.9 Å². The van der Waals surface area contributed by atoms with Gasteiger partial charge < -0.3 is 10.1 Å². The van der Waals surface area contributed by atoms with E-state index in [1.807, 2.05) is 0 Å². The molecule has 0 saturated carbocycles. The molecule has 0 heterocycles. The predicted molar refractivity (Wildman–Crippen MR) is 67.4 cm³/mol. The predicted octanol–water partition coefficient (Wildman–Crippen LogP) is 2.75. The fourth-order valence-corrected chi connectivity index (χ4v) is 1.39. The third-order valence-corrected chi connectivity index (χ3v) is 2.29. The average molecular weight is 229 g/mol. The van der Waals surface area contributed by atoms with Crippen LogP contribution in [0.15, 0.2) is 0 Å². The molecular weight excluding hydrogens is 202 g/mol. The summed E-state index contributed by atoms with van der Waals surface area (Å²) in [5, 5.41) is 2.87. The smallest absolute Gasteiger partial charge is 0.245 e. The van der Waals surface area contributed by atoms with Crippen molar-refractivity contribution < 1.29 is 9.53 Å². The molecule has 3 nitrogen and oxygen atoms in total. The first-order valence-electron chi connectivity index (χ1n) is 6.51. The molecule has 0 aliphatic rings. The van der Waals surface area contributed by atoms with Gasteiger partial charge in [-0.05, 0) is 12.3 Å². The van der Waals surface area contributed by atoms with Gasteiger partial charge in [-0.25, -0.2) is 0 Å². The van der Waals surface area contributed by atoms with Gasteiger partial charge in [0, 0.05) is 13.2 Å². The van der Waals surface area contributed by atoms with Crippen LogP contribution in [-0.2, 0) is 9.53 Å². The van der Waals surface area contributed by atoms with Gasteiger partial charge in [-0.1, -0.05) is 46.5 Å². The summed E-state index contributed by atoms with van der Waals surface area (Å²) in [7, 11) is 0. The number of nitrogens with one attached hydrogen (secondary N) is 1. The summed E-state index contributed by atoms with van der Waals surface area (Å²) in [5.41, 5.74) is 0. The highest BCUT2D eigenvalue weighted by Crippen LogP contribution is 2.01. The number of amides is 1. The average Bonchev–Trinajstić information content (AvgIpc) is 2.22. The molecule has 16 heavy (non-hydrogen) atoms. The zero-order chi connectivity index (χ0) is 12.2. The van der Waals surface area contributed by atoms with E-state index in [1.54, 1.807) is 0 Å². The van der Waals surface area contributed by atoms with Crippen LogP contribution >= 0.6 is 0 Å². The van der Waals surface area contributed by atoms with Crippen LogP contribution in [0.1, 0.15) is 52.9 Å². The third kappa shape index (κ3) is 11.5. The Morgan fingerprint density at radius 3 is 2.50 bits per heavy atom. The van der Waals surface area contributed by atoms with Crippen molar-refractivity contribution in [2.24, 2.45) is 5.92 Å². The Labute approximate surface area is 99.9 Å². The molecule has 0 atom stereocenters. The van der Waals surface area contributed by atoms with Gasteiger partial charge >= 0.3 is 0 Å². The van der Waals surface area contributed by atoms with Gasteiger partial charge in [-0.2, -0.15) is 0 Å². The highest BCUT2D eigenvalue weighted by Gasteiger charge is 2.01. The summed E-state index contributed by atoms with van der Waals surface area (Å²) in [4.78, 5) is 11.3. The molecule has 0 radical (unpaired) electrons. The number of ether oxygens (including phenoxy) is 1. The first kappa shape index (κ1) is 15.4. The Hall–Kier alpha value is -0.570. The Morgan fingerprint density at radius 2 is 1.88 bits per heavy atom. The summed E-state index contributed by atoms with van der Waals surface area (Å²) in [6.07, 6.45) is 6.12. The lowest BCUT2D eigenvalue weighted by atomic mass is 10.1. The van der Waals surface area contributed by atoms with E-state index < -0.39 is 0 Å². The van der Waals surface area contributed by atoms with Crippen LogP contribution in [0, 0.1) is 5.92 Å². The van der Waals surface area contributed by atoms with Gasteiger partial charge in [0.05, 0.1) is 0 Å². The van der Waals surface area contributed by atoms with Crippen molar-refractivity contribution in [1.29, 1.82) is 0 Å². The lowest BCUT2D eigenvalue weighted by Gasteiger charge is -2.07. The van der Waals surface area contributed by atoms with E-state index >= 15 is 0 Å². The van der Waals surface area contributed by atoms with E-state index in [1.165, 1.54) is 25.7 Å². The molecule has 0 aromatic heterocycles. The molecule has 0 aliphatic carbocycles. The molecule has 0 aromatic carbocycles. The van der Waals surface area contributed by atoms with Gasteiger partial charge in [0.15, 0.2) is 0 Å². The van der Waals surface area contributed by atoms with Crippen LogP contribution in [0.25, 0.3) is 0 Å². The Bertz CT molecular complexity index is 169. The number of hydrogen-bond donors (Lipinski definition) is 1. The zero-order valence-electron chi connectivity index (χ0n) is 11.1. The molecule has 0 rings (SSSR count). The van der Waals surface area contributed by atoms with Crippen molar-refractivity contribution in [3.05, 3.63) is 0 Å². The fraction of sp³-hybridized carbons (Fsp3) is 0.923. The molecule has 0 aliphatic heterocycles. The minimum absolute atomic E-state index is 0.0103. The second kappa shape index (κ2) is 10.9. The van der Waals surface area contributed by atoms with Gasteiger partial charge in [0.25, 0.3) is 0 Å². The van der Waals surface area contributed by atoms with Crippen LogP contribution in [0.4, 0.5) is 0 Å². The lowest BCUT2D eigenvalue weighted by molar-refractivity contribution is -0.126. The van der Waals surface area contributed by atoms with E-state index in [0.717, 1.165) is 13.0 Å². The standard InChI is InChI=1S/C13H27NO2/c1-4-5-6-7-8-9-14-13(15)11-16-10-12(2)3/h12H,4-11H2,1-3H3,(H,14,15). The molecule has 1 N–H and O–H groups in total. The number of carbonyl (C=O) groups excluding carboxylic acids is 1. The highest BCUT2D eigenvalue weighted by molar-refractivity contribution is 5.77. The first-order valence-corrected chi connectivity index (χ1v) is 6.51. The summed E-state index contributed by atoms with van der Waals surface area (Å²) in [5.74, 6) is 0.498. The second-order valence-corrected chi connectivity index (χ2v) is 4.67. The third-order valence-electron chi connectivity index (χ3n) is 2.29. The van der Waals surface area contributed by atoms with Crippen LogP contribution in [-0.4, -0.2) is 25.7 Å². The fourth-order valence-electron chi connectivity index (χ4n) is 1.39. The van der Waals surface area contributed by atoms with Crippen molar-refractivity contribution in [3.8, 4) is 0 Å². The van der Waals surface area contributed by atoms with Crippen molar-refractivity contribution in [1.82, 2.24) is 5.32 Å². The van der Waals surface area contributed by atoms with Gasteiger partial charge in [-0.15, -0.1) is 0 Å². The van der Waals surface area contributed by atoms with Crippen LogP contribution < -0.4 is 5.32 Å². The van der Waals surface area contributed by atoms with E-state index in [-0.39, 0.29) is 12.5 Å². The largest absolute Gasteiger partial charge is 0.371 e. The zero-order valence-corrected chi connectivity index (χ0v) is 11.1. The maximum absolute atomic E-state index is 11.3. The lowest BCUT2D eigenvalue weighted by Crippen LogP contribution is -2.29. The SMILES string of the molecule is CCCCCCCNC(=O)COCC(C)C. The molecule has 0 saturated heterocycles. The Morgan fingerprint density at radius 1 is 1.19 bits per heavy atom. The summed E-state index contributed by atoms with van der Waals surface area (Å²) < 4.78 is 5.24. The van der Waals surface area contributed by atoms with E-state index in [0.29, 0.717) is 12.5 Å². The quantitative estimate of drug-likeness (QED) is 0.585. The topological polar surface area (TPSA) is 38.3 Å².